The van der Waals surface area contributed by atoms with Crippen molar-refractivity contribution in [2.75, 3.05) is 40.9 Å². The lowest BCUT2D eigenvalue weighted by molar-refractivity contribution is -0.870. The van der Waals surface area contributed by atoms with Gasteiger partial charge < -0.3 is 19.4 Å². The number of phosphoric ester groups is 1. The molecular formula is C59H108N2O7P+. The van der Waals surface area contributed by atoms with Crippen LogP contribution >= 0.6 is 7.82 Å². The second-order valence-corrected chi connectivity index (χ2v) is 21.6. The van der Waals surface area contributed by atoms with Gasteiger partial charge in [-0.15, -0.1) is 0 Å². The molecule has 0 fully saturated rings. The molecule has 69 heavy (non-hydrogen) atoms. The lowest BCUT2D eigenvalue weighted by Gasteiger charge is -2.27. The normalized spacial score (nSPS) is 14.4. The fraction of sp³-hybridized carbons (Fsp3) is 0.763. The number of hydrogen-bond donors (Lipinski definition) is 2. The predicted molar refractivity (Wildman–Crippen MR) is 295 cm³/mol. The van der Waals surface area contributed by atoms with Gasteiger partial charge in [-0.05, 0) is 96.0 Å². The van der Waals surface area contributed by atoms with Gasteiger partial charge in [-0.25, -0.2) is 4.57 Å². The first-order chi connectivity index (χ1) is 33.4. The fourth-order valence-electron chi connectivity index (χ4n) is 7.69. The molecule has 3 unspecified atom stereocenters. The van der Waals surface area contributed by atoms with E-state index in [-0.39, 0.29) is 37.9 Å². The van der Waals surface area contributed by atoms with Crippen LogP contribution in [-0.2, 0) is 27.9 Å². The van der Waals surface area contributed by atoms with Crippen LogP contribution in [0.3, 0.4) is 0 Å². The van der Waals surface area contributed by atoms with Gasteiger partial charge in [-0.2, -0.15) is 0 Å². The number of quaternary nitrogens is 1. The number of carbonyl (C=O) groups is 2. The number of ether oxygens (including phenoxy) is 1. The van der Waals surface area contributed by atoms with E-state index in [0.717, 1.165) is 70.6 Å². The first kappa shape index (κ1) is 66.5. The maximum absolute atomic E-state index is 13.5. The molecule has 9 nitrogen and oxygen atoms in total. The van der Waals surface area contributed by atoms with Gasteiger partial charge in [-0.1, -0.05) is 203 Å². The molecule has 400 valence electrons. The van der Waals surface area contributed by atoms with Crippen molar-refractivity contribution in [1.82, 2.24) is 5.32 Å². The maximum atomic E-state index is 13.5. The molecule has 0 saturated heterocycles. The van der Waals surface area contributed by atoms with Crippen LogP contribution in [0.15, 0.2) is 72.9 Å². The third-order valence-corrected chi connectivity index (χ3v) is 13.1. The summed E-state index contributed by atoms with van der Waals surface area (Å²) in [7, 11) is 1.45. The number of carbonyl (C=O) groups excluding carboxylic acids is 2. The standard InChI is InChI=1S/C59H107N2O7P/c1-7-10-13-16-19-22-25-28-30-31-32-33-36-39-42-45-48-51-58(62)60-56(55-67-69(64,65)66-54-53-61(4,5)6)57(50-47-44-41-38-35-27-24-21-18-15-12-9-3)68-59(63)52-49-46-43-40-37-34-29-26-23-20-17-14-11-8-2/h19,22,28,30,32-34,37,39,42,47,50,56-57H,7-18,20-21,23-27,29,31,35-36,38,40-41,43-46,48-49,51-55H2,1-6H3,(H-,60,62,64,65)/p+1/b22-19-,30-28-,33-32-,37-34-,42-39-,50-47+. The lowest BCUT2D eigenvalue weighted by atomic mass is 10.1. The molecule has 10 heteroatoms. The Morgan fingerprint density at radius 2 is 0.899 bits per heavy atom. The highest BCUT2D eigenvalue weighted by atomic mass is 31.2. The number of nitrogens with zero attached hydrogens (tertiary/aromatic N) is 1. The molecule has 3 atom stereocenters. The van der Waals surface area contributed by atoms with Crippen molar-refractivity contribution in [3.05, 3.63) is 72.9 Å². The van der Waals surface area contributed by atoms with Crippen molar-refractivity contribution < 1.29 is 37.3 Å². The Hall–Kier alpha value is -2.55. The number of likely N-dealkylation sites (N-methyl/N-ethyl adjacent to an activating group) is 1. The summed E-state index contributed by atoms with van der Waals surface area (Å²) < 4.78 is 30.5. The summed E-state index contributed by atoms with van der Waals surface area (Å²) in [5.41, 5.74) is 0. The smallest absolute Gasteiger partial charge is 0.456 e. The Labute approximate surface area is 425 Å². The number of amides is 1. The quantitative estimate of drug-likeness (QED) is 0.0205. The number of nitrogens with one attached hydrogen (secondary N) is 1. The van der Waals surface area contributed by atoms with E-state index in [4.69, 9.17) is 13.8 Å². The largest absolute Gasteiger partial charge is 0.472 e. The highest BCUT2D eigenvalue weighted by Crippen LogP contribution is 2.43. The Morgan fingerprint density at radius 3 is 1.39 bits per heavy atom. The Balaban J connectivity index is 5.49. The van der Waals surface area contributed by atoms with Gasteiger partial charge in [-0.3, -0.25) is 18.6 Å². The fourth-order valence-corrected chi connectivity index (χ4v) is 8.43. The average Bonchev–Trinajstić information content (AvgIpc) is 3.31. The number of hydrogen-bond acceptors (Lipinski definition) is 6. The molecule has 0 heterocycles. The summed E-state index contributed by atoms with van der Waals surface area (Å²) in [5, 5.41) is 3.01. The van der Waals surface area contributed by atoms with Crippen molar-refractivity contribution >= 4 is 19.7 Å². The molecule has 0 aliphatic carbocycles. The highest BCUT2D eigenvalue weighted by Gasteiger charge is 2.30. The number of rotatable bonds is 50. The van der Waals surface area contributed by atoms with Crippen LogP contribution in [-0.4, -0.2) is 74.3 Å². The number of unbranched alkanes of at least 4 members (excludes halogenated alkanes) is 24. The third kappa shape index (κ3) is 50.2. The summed E-state index contributed by atoms with van der Waals surface area (Å²) in [5.74, 6) is -0.591. The molecular weight excluding hydrogens is 880 g/mol. The monoisotopic (exact) mass is 988 g/mol. The van der Waals surface area contributed by atoms with Crippen molar-refractivity contribution in [3.8, 4) is 0 Å². The molecule has 0 bridgehead atoms. The summed E-state index contributed by atoms with van der Waals surface area (Å²) >= 11 is 0. The van der Waals surface area contributed by atoms with Crippen molar-refractivity contribution in [3.63, 3.8) is 0 Å². The zero-order valence-electron chi connectivity index (χ0n) is 45.5. The maximum Gasteiger partial charge on any atom is 0.472 e. The van der Waals surface area contributed by atoms with Crippen LogP contribution in [0.1, 0.15) is 239 Å². The lowest BCUT2D eigenvalue weighted by Crippen LogP contribution is -2.47. The van der Waals surface area contributed by atoms with Gasteiger partial charge in [0.1, 0.15) is 19.3 Å². The predicted octanol–water partition coefficient (Wildman–Crippen LogP) is 16.9. The summed E-state index contributed by atoms with van der Waals surface area (Å²) in [6.07, 6.45) is 61.9. The Kier molecular flexibility index (Phi) is 47.2. The van der Waals surface area contributed by atoms with Crippen LogP contribution < -0.4 is 5.32 Å². The minimum Gasteiger partial charge on any atom is -0.456 e. The van der Waals surface area contributed by atoms with Gasteiger partial charge >= 0.3 is 13.8 Å². The van der Waals surface area contributed by atoms with Crippen LogP contribution in [0.5, 0.6) is 0 Å². The van der Waals surface area contributed by atoms with Crippen LogP contribution in [0.4, 0.5) is 0 Å². The van der Waals surface area contributed by atoms with E-state index in [1.165, 1.54) is 122 Å². The minimum atomic E-state index is -4.46. The molecule has 1 amide bonds. The van der Waals surface area contributed by atoms with Crippen LogP contribution in [0.2, 0.25) is 0 Å². The first-order valence-electron chi connectivity index (χ1n) is 28.3. The molecule has 0 aromatic rings. The van der Waals surface area contributed by atoms with E-state index in [2.05, 4.69) is 86.8 Å². The second kappa shape index (κ2) is 49.0. The first-order valence-corrected chi connectivity index (χ1v) is 29.8. The van der Waals surface area contributed by atoms with E-state index in [0.29, 0.717) is 23.9 Å². The van der Waals surface area contributed by atoms with Crippen molar-refractivity contribution in [2.24, 2.45) is 0 Å². The SMILES string of the molecule is CCCCC/C=C\C/C=C\C/C=C\C/C=C\CCCC(=O)NC(COP(=O)(O)OCC[N+](C)(C)C)C(/C=C/CCCCCCCCCCCC)OC(=O)CCCCC/C=C\CCCCCCCCC. The zero-order valence-corrected chi connectivity index (χ0v) is 46.4. The van der Waals surface area contributed by atoms with E-state index < -0.39 is 20.0 Å². The Morgan fingerprint density at radius 1 is 0.507 bits per heavy atom. The Bertz CT molecular complexity index is 1420. The van der Waals surface area contributed by atoms with E-state index >= 15 is 0 Å². The summed E-state index contributed by atoms with van der Waals surface area (Å²) in [6, 6.07) is -0.883. The summed E-state index contributed by atoms with van der Waals surface area (Å²) in [6.45, 7) is 6.91. The molecule has 0 saturated carbocycles. The molecule has 0 radical (unpaired) electrons. The van der Waals surface area contributed by atoms with Crippen molar-refractivity contribution in [1.29, 1.82) is 0 Å². The van der Waals surface area contributed by atoms with E-state index in [1.807, 2.05) is 33.3 Å². The third-order valence-electron chi connectivity index (χ3n) is 12.1. The number of allylic oxidation sites excluding steroid dienone is 11. The van der Waals surface area contributed by atoms with Gasteiger partial charge in [0.25, 0.3) is 0 Å². The second-order valence-electron chi connectivity index (χ2n) is 20.1. The van der Waals surface area contributed by atoms with Gasteiger partial charge in [0.05, 0.1) is 33.8 Å². The molecule has 0 aromatic carbocycles. The van der Waals surface area contributed by atoms with E-state index in [1.54, 1.807) is 0 Å². The van der Waals surface area contributed by atoms with Crippen molar-refractivity contribution in [2.45, 2.75) is 251 Å². The van der Waals surface area contributed by atoms with Gasteiger partial charge in [0.2, 0.25) is 5.91 Å². The van der Waals surface area contributed by atoms with Crippen LogP contribution in [0.25, 0.3) is 0 Å². The molecule has 0 aliphatic heterocycles. The minimum absolute atomic E-state index is 0.0257. The van der Waals surface area contributed by atoms with Crippen LogP contribution in [0, 0.1) is 0 Å². The van der Waals surface area contributed by atoms with Gasteiger partial charge in [0, 0.05) is 12.8 Å². The van der Waals surface area contributed by atoms with E-state index in [9.17, 15) is 19.0 Å². The zero-order chi connectivity index (χ0) is 50.8. The number of esters is 1. The molecule has 0 aromatic heterocycles. The highest BCUT2D eigenvalue weighted by molar-refractivity contribution is 7.47. The number of phosphoric acid groups is 1. The molecule has 0 rings (SSSR count). The molecule has 0 spiro atoms. The molecule has 2 N–H and O–H groups in total. The topological polar surface area (TPSA) is 111 Å². The summed E-state index contributed by atoms with van der Waals surface area (Å²) in [4.78, 5) is 37.5. The average molecular weight is 988 g/mol. The van der Waals surface area contributed by atoms with Gasteiger partial charge in [0.15, 0.2) is 0 Å². The molecule has 0 aliphatic rings.